The first-order valence-corrected chi connectivity index (χ1v) is 8.01. The second kappa shape index (κ2) is 8.27. The quantitative estimate of drug-likeness (QED) is 0.829. The molecular weight excluding hydrogens is 278 g/mol. The topological polar surface area (TPSA) is 67.6 Å². The maximum absolute atomic E-state index is 12.3. The molecule has 1 fully saturated rings. The summed E-state index contributed by atoms with van der Waals surface area (Å²) in [7, 11) is 0. The van der Waals surface area contributed by atoms with E-state index < -0.39 is 0 Å². The number of morpholine rings is 1. The molecule has 0 bridgehead atoms. The van der Waals surface area contributed by atoms with Gasteiger partial charge in [0.15, 0.2) is 0 Å². The van der Waals surface area contributed by atoms with Gasteiger partial charge in [-0.2, -0.15) is 0 Å². The molecule has 1 aliphatic rings. The number of carbonyl (C=O) groups is 1. The van der Waals surface area contributed by atoms with Gasteiger partial charge in [-0.25, -0.2) is 0 Å². The number of amides is 1. The van der Waals surface area contributed by atoms with E-state index in [1.54, 1.807) is 0 Å². The summed E-state index contributed by atoms with van der Waals surface area (Å²) in [4.78, 5) is 14.7. The number of hydrogen-bond acceptors (Lipinski definition) is 4. The first-order chi connectivity index (χ1) is 10.6. The first-order valence-electron chi connectivity index (χ1n) is 8.01. The molecule has 1 aromatic carbocycles. The van der Waals surface area contributed by atoms with E-state index in [0.29, 0.717) is 30.6 Å². The van der Waals surface area contributed by atoms with Crippen LogP contribution in [0.1, 0.15) is 29.8 Å². The third-order valence-corrected chi connectivity index (χ3v) is 4.21. The van der Waals surface area contributed by atoms with Crippen LogP contribution in [0.25, 0.3) is 0 Å². The van der Waals surface area contributed by atoms with Crippen LogP contribution in [0.2, 0.25) is 0 Å². The van der Waals surface area contributed by atoms with Crippen molar-refractivity contribution in [1.29, 1.82) is 0 Å². The molecule has 22 heavy (non-hydrogen) atoms. The Labute approximate surface area is 132 Å². The fourth-order valence-corrected chi connectivity index (χ4v) is 2.79. The van der Waals surface area contributed by atoms with Gasteiger partial charge in [0.1, 0.15) is 0 Å². The summed E-state index contributed by atoms with van der Waals surface area (Å²) in [5.41, 5.74) is 7.29. The summed E-state index contributed by atoms with van der Waals surface area (Å²) in [5, 5.41) is 3.06. The fraction of sp³-hybridized carbons (Fsp3) is 0.588. The van der Waals surface area contributed by atoms with Gasteiger partial charge in [0.2, 0.25) is 0 Å². The molecule has 122 valence electrons. The fourth-order valence-electron chi connectivity index (χ4n) is 2.79. The smallest absolute Gasteiger partial charge is 0.251 e. The molecule has 1 saturated heterocycles. The summed E-state index contributed by atoms with van der Waals surface area (Å²) < 4.78 is 5.41. The van der Waals surface area contributed by atoms with Crippen molar-refractivity contribution in [1.82, 2.24) is 10.2 Å². The molecule has 1 heterocycles. The molecule has 0 aliphatic carbocycles. The number of nitrogens with two attached hydrogens (primary N) is 1. The number of rotatable bonds is 6. The third-order valence-electron chi connectivity index (χ3n) is 4.21. The number of carbonyl (C=O) groups excluding carboxylic acids is 1. The Morgan fingerprint density at radius 2 is 1.91 bits per heavy atom. The Morgan fingerprint density at radius 1 is 1.27 bits per heavy atom. The summed E-state index contributed by atoms with van der Waals surface area (Å²) in [6, 6.07) is 7.80. The number of benzene rings is 1. The predicted molar refractivity (Wildman–Crippen MR) is 87.7 cm³/mol. The number of hydrogen-bond donors (Lipinski definition) is 2. The van der Waals surface area contributed by atoms with Gasteiger partial charge in [-0.3, -0.25) is 9.69 Å². The molecule has 1 aromatic rings. The zero-order valence-corrected chi connectivity index (χ0v) is 13.5. The van der Waals surface area contributed by atoms with Crippen LogP contribution in [-0.2, 0) is 11.3 Å². The van der Waals surface area contributed by atoms with Crippen molar-refractivity contribution in [2.24, 2.45) is 11.7 Å². The van der Waals surface area contributed by atoms with Crippen molar-refractivity contribution in [2.75, 3.05) is 32.8 Å². The van der Waals surface area contributed by atoms with Crippen LogP contribution < -0.4 is 11.1 Å². The van der Waals surface area contributed by atoms with Crippen molar-refractivity contribution in [3.05, 3.63) is 35.4 Å². The number of ether oxygens (including phenoxy) is 1. The predicted octanol–water partition coefficient (Wildman–Crippen LogP) is 1.23. The monoisotopic (exact) mass is 305 g/mol. The summed E-state index contributed by atoms with van der Waals surface area (Å²) >= 11 is 0. The lowest BCUT2D eigenvalue weighted by Crippen LogP contribution is -2.51. The van der Waals surface area contributed by atoms with Crippen molar-refractivity contribution in [3.63, 3.8) is 0 Å². The molecule has 0 aromatic heterocycles. The molecule has 1 amide bonds. The highest BCUT2D eigenvalue weighted by Crippen LogP contribution is 2.12. The maximum Gasteiger partial charge on any atom is 0.251 e. The van der Waals surface area contributed by atoms with Crippen LogP contribution in [0.15, 0.2) is 24.3 Å². The van der Waals surface area contributed by atoms with Crippen molar-refractivity contribution in [2.45, 2.75) is 26.4 Å². The SMILES string of the molecule is CC(C)C(CNC(=O)c1ccc(CN)cc1)N1CCOCC1. The van der Waals surface area contributed by atoms with Gasteiger partial charge in [-0.05, 0) is 23.6 Å². The van der Waals surface area contributed by atoms with E-state index >= 15 is 0 Å². The molecule has 5 heteroatoms. The normalized spacial score (nSPS) is 17.5. The molecule has 0 saturated carbocycles. The van der Waals surface area contributed by atoms with Crippen LogP contribution >= 0.6 is 0 Å². The van der Waals surface area contributed by atoms with E-state index in [-0.39, 0.29) is 5.91 Å². The molecule has 3 N–H and O–H groups in total. The van der Waals surface area contributed by atoms with E-state index in [1.165, 1.54) is 0 Å². The number of nitrogens with zero attached hydrogens (tertiary/aromatic N) is 1. The van der Waals surface area contributed by atoms with Crippen molar-refractivity contribution < 1.29 is 9.53 Å². The Kier molecular flexibility index (Phi) is 6.36. The van der Waals surface area contributed by atoms with E-state index in [2.05, 4.69) is 24.1 Å². The van der Waals surface area contributed by atoms with Gasteiger partial charge in [0.05, 0.1) is 13.2 Å². The zero-order chi connectivity index (χ0) is 15.9. The van der Waals surface area contributed by atoms with Crippen LogP contribution in [0, 0.1) is 5.92 Å². The maximum atomic E-state index is 12.3. The summed E-state index contributed by atoms with van der Waals surface area (Å²) in [5.74, 6) is 0.459. The molecule has 2 rings (SSSR count). The van der Waals surface area contributed by atoms with Crippen LogP contribution in [0.5, 0.6) is 0 Å². The van der Waals surface area contributed by atoms with Crippen molar-refractivity contribution in [3.8, 4) is 0 Å². The Hall–Kier alpha value is -1.43. The Morgan fingerprint density at radius 3 is 2.45 bits per heavy atom. The van der Waals surface area contributed by atoms with Crippen LogP contribution in [0.3, 0.4) is 0 Å². The lowest BCUT2D eigenvalue weighted by molar-refractivity contribution is 0.00673. The second-order valence-corrected chi connectivity index (χ2v) is 6.07. The zero-order valence-electron chi connectivity index (χ0n) is 13.5. The number of nitrogens with one attached hydrogen (secondary N) is 1. The molecule has 0 radical (unpaired) electrons. The molecule has 1 aliphatic heterocycles. The minimum Gasteiger partial charge on any atom is -0.379 e. The van der Waals surface area contributed by atoms with Gasteiger partial charge >= 0.3 is 0 Å². The second-order valence-electron chi connectivity index (χ2n) is 6.07. The van der Waals surface area contributed by atoms with Gasteiger partial charge in [-0.1, -0.05) is 26.0 Å². The van der Waals surface area contributed by atoms with E-state index in [0.717, 1.165) is 31.9 Å². The minimum absolute atomic E-state index is 0.0255. The largest absolute Gasteiger partial charge is 0.379 e. The van der Waals surface area contributed by atoms with Gasteiger partial charge in [0, 0.05) is 37.8 Å². The lowest BCUT2D eigenvalue weighted by atomic mass is 10.0. The molecular formula is C17H27N3O2. The highest BCUT2D eigenvalue weighted by Gasteiger charge is 2.24. The van der Waals surface area contributed by atoms with Crippen LogP contribution in [0.4, 0.5) is 0 Å². The third kappa shape index (κ3) is 4.53. The Bertz CT molecular complexity index is 467. The standard InChI is InChI=1S/C17H27N3O2/c1-13(2)16(20-7-9-22-10-8-20)12-19-17(21)15-5-3-14(11-18)4-6-15/h3-6,13,16H,7-12,18H2,1-2H3,(H,19,21). The highest BCUT2D eigenvalue weighted by molar-refractivity contribution is 5.94. The molecule has 1 atom stereocenters. The molecule has 0 spiro atoms. The first kappa shape index (κ1) is 16.9. The average Bonchev–Trinajstić information content (AvgIpc) is 2.55. The minimum atomic E-state index is -0.0255. The Balaban J connectivity index is 1.91. The van der Waals surface area contributed by atoms with Gasteiger partial charge in [0.25, 0.3) is 5.91 Å². The van der Waals surface area contributed by atoms with Gasteiger partial charge < -0.3 is 15.8 Å². The molecule has 1 unspecified atom stereocenters. The van der Waals surface area contributed by atoms with E-state index in [9.17, 15) is 4.79 Å². The molecule has 5 nitrogen and oxygen atoms in total. The van der Waals surface area contributed by atoms with E-state index in [4.69, 9.17) is 10.5 Å². The lowest BCUT2D eigenvalue weighted by Gasteiger charge is -2.36. The summed E-state index contributed by atoms with van der Waals surface area (Å²) in [6.45, 7) is 8.97. The van der Waals surface area contributed by atoms with Gasteiger partial charge in [-0.15, -0.1) is 0 Å². The highest BCUT2D eigenvalue weighted by atomic mass is 16.5. The van der Waals surface area contributed by atoms with Crippen molar-refractivity contribution >= 4 is 5.91 Å². The van der Waals surface area contributed by atoms with E-state index in [1.807, 2.05) is 24.3 Å². The average molecular weight is 305 g/mol. The summed E-state index contributed by atoms with van der Waals surface area (Å²) in [6.07, 6.45) is 0. The van der Waals surface area contributed by atoms with Crippen LogP contribution in [-0.4, -0.2) is 49.7 Å².